The van der Waals surface area contributed by atoms with Crippen molar-refractivity contribution in [3.63, 3.8) is 0 Å². The molecule has 3 aromatic heterocycles. The summed E-state index contributed by atoms with van der Waals surface area (Å²) < 4.78 is 8.69. The van der Waals surface area contributed by atoms with Crippen LogP contribution in [-0.4, -0.2) is 24.5 Å². The maximum Gasteiger partial charge on any atom is 0.164 e. The second-order valence-electron chi connectivity index (χ2n) is 12.7. The highest BCUT2D eigenvalue weighted by Crippen LogP contribution is 2.39. The van der Waals surface area contributed by atoms with Crippen LogP contribution < -0.4 is 0 Å². The zero-order valence-corrected chi connectivity index (χ0v) is 27.9. The number of rotatable bonds is 6. The van der Waals surface area contributed by atoms with Crippen LogP contribution in [0.25, 0.3) is 95.3 Å². The average Bonchev–Trinajstić information content (AvgIpc) is 3.80. The molecule has 6 nitrogen and oxygen atoms in total. The first-order chi connectivity index (χ1) is 25.8. The molecule has 0 N–H and O–H groups in total. The fourth-order valence-corrected chi connectivity index (χ4v) is 7.01. The topological polar surface area (TPSA) is 69.6 Å². The summed E-state index contributed by atoms with van der Waals surface area (Å²) in [4.78, 5) is 20.0. The first-order valence-electron chi connectivity index (χ1n) is 17.2. The number of nitrogens with zero attached hydrogens (tertiary/aromatic N) is 5. The van der Waals surface area contributed by atoms with E-state index in [4.69, 9.17) is 24.4 Å². The van der Waals surface area contributed by atoms with Crippen molar-refractivity contribution in [2.45, 2.75) is 0 Å². The predicted octanol–water partition coefficient (Wildman–Crippen LogP) is 11.4. The SMILES string of the molecule is c1ccc(-c2nc(-c3ccccc3)nc(-c3cccc4oc5ccc(-c6cccc(-n7c(-c8ccccc8)nc8ccccc87)c6)cc5c34)n2)cc1. The van der Waals surface area contributed by atoms with Crippen LogP contribution in [0.3, 0.4) is 0 Å². The van der Waals surface area contributed by atoms with E-state index in [1.54, 1.807) is 0 Å². The summed E-state index contributed by atoms with van der Waals surface area (Å²) in [7, 11) is 0. The van der Waals surface area contributed by atoms with Gasteiger partial charge in [0.15, 0.2) is 17.5 Å². The van der Waals surface area contributed by atoms with Crippen molar-refractivity contribution >= 4 is 33.0 Å². The fourth-order valence-electron chi connectivity index (χ4n) is 7.01. The Bertz CT molecular complexity index is 2840. The molecule has 52 heavy (non-hydrogen) atoms. The normalized spacial score (nSPS) is 11.5. The van der Waals surface area contributed by atoms with Crippen LogP contribution in [0.5, 0.6) is 0 Å². The van der Waals surface area contributed by atoms with E-state index in [2.05, 4.69) is 95.6 Å². The van der Waals surface area contributed by atoms with Crippen LogP contribution in [0.1, 0.15) is 0 Å². The minimum absolute atomic E-state index is 0.592. The summed E-state index contributed by atoms with van der Waals surface area (Å²) in [6.45, 7) is 0. The zero-order valence-electron chi connectivity index (χ0n) is 27.9. The van der Waals surface area contributed by atoms with E-state index in [1.165, 1.54) is 0 Å². The van der Waals surface area contributed by atoms with E-state index < -0.39 is 0 Å². The van der Waals surface area contributed by atoms with Gasteiger partial charge in [-0.3, -0.25) is 4.57 Å². The Morgan fingerprint density at radius 2 is 1.00 bits per heavy atom. The Labute approximate surface area is 299 Å². The third-order valence-corrected chi connectivity index (χ3v) is 9.47. The highest BCUT2D eigenvalue weighted by Gasteiger charge is 2.19. The monoisotopic (exact) mass is 667 g/mol. The molecule has 0 unspecified atom stereocenters. The molecule has 0 fully saturated rings. The Morgan fingerprint density at radius 3 is 1.73 bits per heavy atom. The fraction of sp³-hybridized carbons (Fsp3) is 0. The molecule has 3 heterocycles. The number of imidazole rings is 1. The Morgan fingerprint density at radius 1 is 0.404 bits per heavy atom. The molecule has 7 aromatic carbocycles. The molecule has 0 amide bonds. The van der Waals surface area contributed by atoms with Crippen molar-refractivity contribution in [3.8, 4) is 62.4 Å². The second-order valence-corrected chi connectivity index (χ2v) is 12.7. The molecule has 0 aliphatic rings. The highest BCUT2D eigenvalue weighted by molar-refractivity contribution is 6.12. The van der Waals surface area contributed by atoms with Gasteiger partial charge in [0.1, 0.15) is 17.0 Å². The molecule has 0 atom stereocenters. The number of aromatic nitrogens is 5. The molecule has 0 radical (unpaired) electrons. The summed E-state index contributed by atoms with van der Waals surface area (Å²) >= 11 is 0. The molecular formula is C46H29N5O. The predicted molar refractivity (Wildman–Crippen MR) is 209 cm³/mol. The quantitative estimate of drug-likeness (QED) is 0.176. The smallest absolute Gasteiger partial charge is 0.164 e. The standard InChI is InChI=1S/C46H29N5O/c1-4-14-30(15-5-1)43-48-44(31-16-6-2-7-17-31)50-45(49-43)36-22-13-25-41-42(36)37-29-34(26-27-40(37)52-41)33-20-12-21-35(28-33)51-39-24-11-10-23-38(39)47-46(51)32-18-8-3-9-19-32/h1-29H. The van der Waals surface area contributed by atoms with Crippen LogP contribution in [0.4, 0.5) is 0 Å². The van der Waals surface area contributed by atoms with Gasteiger partial charge in [-0.05, 0) is 53.6 Å². The number of benzene rings is 7. The number of hydrogen-bond acceptors (Lipinski definition) is 5. The van der Waals surface area contributed by atoms with Gasteiger partial charge >= 0.3 is 0 Å². The van der Waals surface area contributed by atoms with E-state index in [9.17, 15) is 0 Å². The van der Waals surface area contributed by atoms with Gasteiger partial charge in [-0.15, -0.1) is 0 Å². The summed E-state index contributed by atoms with van der Waals surface area (Å²) in [5.74, 6) is 2.73. The van der Waals surface area contributed by atoms with Gasteiger partial charge in [0.05, 0.1) is 11.0 Å². The lowest BCUT2D eigenvalue weighted by Crippen LogP contribution is -2.00. The first-order valence-corrected chi connectivity index (χ1v) is 17.2. The molecule has 6 heteroatoms. The molecule has 0 saturated heterocycles. The molecule has 0 saturated carbocycles. The van der Waals surface area contributed by atoms with Gasteiger partial charge in [0, 0.05) is 38.7 Å². The van der Waals surface area contributed by atoms with Crippen molar-refractivity contribution in [3.05, 3.63) is 176 Å². The van der Waals surface area contributed by atoms with Crippen molar-refractivity contribution in [1.29, 1.82) is 0 Å². The highest BCUT2D eigenvalue weighted by atomic mass is 16.3. The maximum atomic E-state index is 6.45. The van der Waals surface area contributed by atoms with E-state index >= 15 is 0 Å². The molecule has 0 aliphatic carbocycles. The molecule has 0 spiro atoms. The summed E-state index contributed by atoms with van der Waals surface area (Å²) in [5.41, 5.74) is 10.6. The molecule has 0 aliphatic heterocycles. The Kier molecular flexibility index (Phi) is 7.03. The van der Waals surface area contributed by atoms with Crippen molar-refractivity contribution in [1.82, 2.24) is 24.5 Å². The van der Waals surface area contributed by atoms with Crippen molar-refractivity contribution in [2.75, 3.05) is 0 Å². The van der Waals surface area contributed by atoms with E-state index in [0.29, 0.717) is 17.5 Å². The van der Waals surface area contributed by atoms with Crippen LogP contribution in [-0.2, 0) is 0 Å². The Balaban J connectivity index is 1.14. The number of fused-ring (bicyclic) bond motifs is 4. The van der Waals surface area contributed by atoms with Gasteiger partial charge in [-0.1, -0.05) is 133 Å². The first kappa shape index (κ1) is 29.7. The van der Waals surface area contributed by atoms with Gasteiger partial charge < -0.3 is 4.42 Å². The molecule has 244 valence electrons. The zero-order chi connectivity index (χ0) is 34.4. The van der Waals surface area contributed by atoms with E-state index in [0.717, 1.165) is 77.9 Å². The number of para-hydroxylation sites is 2. The minimum atomic E-state index is 0.592. The summed E-state index contributed by atoms with van der Waals surface area (Å²) in [5, 5.41) is 1.96. The Hall–Kier alpha value is -7.18. The van der Waals surface area contributed by atoms with Gasteiger partial charge in [0.25, 0.3) is 0 Å². The van der Waals surface area contributed by atoms with Gasteiger partial charge in [0.2, 0.25) is 0 Å². The minimum Gasteiger partial charge on any atom is -0.456 e. The number of hydrogen-bond donors (Lipinski definition) is 0. The molecule has 0 bridgehead atoms. The largest absolute Gasteiger partial charge is 0.456 e. The maximum absolute atomic E-state index is 6.45. The lowest BCUT2D eigenvalue weighted by molar-refractivity contribution is 0.669. The third-order valence-electron chi connectivity index (χ3n) is 9.47. The van der Waals surface area contributed by atoms with E-state index in [-0.39, 0.29) is 0 Å². The van der Waals surface area contributed by atoms with Crippen molar-refractivity contribution < 1.29 is 4.42 Å². The van der Waals surface area contributed by atoms with Crippen LogP contribution in [0, 0.1) is 0 Å². The second kappa shape index (κ2) is 12.3. The number of furan rings is 1. The van der Waals surface area contributed by atoms with Crippen molar-refractivity contribution in [2.24, 2.45) is 0 Å². The van der Waals surface area contributed by atoms with Gasteiger partial charge in [-0.2, -0.15) is 0 Å². The van der Waals surface area contributed by atoms with Gasteiger partial charge in [-0.25, -0.2) is 19.9 Å². The van der Waals surface area contributed by atoms with E-state index in [1.807, 2.05) is 84.9 Å². The van der Waals surface area contributed by atoms with Crippen LogP contribution in [0.2, 0.25) is 0 Å². The molecule has 10 aromatic rings. The average molecular weight is 668 g/mol. The third kappa shape index (κ3) is 5.13. The summed E-state index contributed by atoms with van der Waals surface area (Å²) in [6, 6.07) is 59.8. The van der Waals surface area contributed by atoms with Crippen LogP contribution in [0.15, 0.2) is 180 Å². The molecule has 10 rings (SSSR count). The molecular weight excluding hydrogens is 639 g/mol. The van der Waals surface area contributed by atoms with Crippen LogP contribution >= 0.6 is 0 Å². The summed E-state index contributed by atoms with van der Waals surface area (Å²) in [6.07, 6.45) is 0. The lowest BCUT2D eigenvalue weighted by atomic mass is 10.00. The lowest BCUT2D eigenvalue weighted by Gasteiger charge is -2.12.